The lowest BCUT2D eigenvalue weighted by Crippen LogP contribution is -2.55. The van der Waals surface area contributed by atoms with Crippen molar-refractivity contribution in [1.29, 1.82) is 0 Å². The van der Waals surface area contributed by atoms with E-state index in [1.807, 2.05) is 37.3 Å². The lowest BCUT2D eigenvalue weighted by molar-refractivity contribution is -0.262. The zero-order chi connectivity index (χ0) is 18.9. The molecule has 138 valence electrons. The van der Waals surface area contributed by atoms with Crippen molar-refractivity contribution in [3.63, 3.8) is 0 Å². The number of benzene rings is 2. The molecule has 0 atom stereocenters. The predicted molar refractivity (Wildman–Crippen MR) is 89.8 cm³/mol. The summed E-state index contributed by atoms with van der Waals surface area (Å²) in [4.78, 5) is 15.0. The molecule has 0 amide bonds. The van der Waals surface area contributed by atoms with Crippen molar-refractivity contribution in [3.05, 3.63) is 53.1 Å². The Labute approximate surface area is 153 Å². The molecule has 0 bridgehead atoms. The summed E-state index contributed by atoms with van der Waals surface area (Å²) in [6, 6.07) is 13.2. The average molecular weight is 386 g/mol. The number of nitrogens with zero attached hydrogens (tertiary/aromatic N) is 1. The number of alkyl halides is 3. The molecule has 1 saturated heterocycles. The van der Waals surface area contributed by atoms with Gasteiger partial charge in [0.2, 0.25) is 0 Å². The maximum atomic E-state index is 12.2. The van der Waals surface area contributed by atoms with Gasteiger partial charge in [0, 0.05) is 0 Å². The Balaban J connectivity index is 1.64. The molecular formula is C18H15ClF3NO3. The highest BCUT2D eigenvalue weighted by Gasteiger charge is 2.44. The lowest BCUT2D eigenvalue weighted by Gasteiger charge is -2.37. The molecule has 0 unspecified atom stereocenters. The first-order valence-electron chi connectivity index (χ1n) is 7.80. The van der Waals surface area contributed by atoms with E-state index >= 15 is 0 Å². The maximum absolute atomic E-state index is 12.2. The molecule has 2 aromatic carbocycles. The number of hydrogen-bond donors (Lipinski definition) is 0. The van der Waals surface area contributed by atoms with Crippen LogP contribution < -0.4 is 4.74 Å². The van der Waals surface area contributed by atoms with Crippen molar-refractivity contribution in [2.75, 3.05) is 13.1 Å². The number of rotatable bonds is 4. The first kappa shape index (κ1) is 18.5. The molecule has 2 aromatic rings. The smallest absolute Gasteiger partial charge is 0.486 e. The lowest BCUT2D eigenvalue weighted by atomic mass is 10.0. The number of ether oxygens (including phenoxy) is 1. The topological polar surface area (TPSA) is 38.8 Å². The van der Waals surface area contributed by atoms with Gasteiger partial charge in [0.25, 0.3) is 0 Å². The van der Waals surface area contributed by atoms with E-state index in [9.17, 15) is 18.0 Å². The number of carbonyl (C=O) groups excluding carboxylic acids is 1. The normalized spacial score (nSPS) is 15.4. The number of aryl methyl sites for hydroxylation is 1. The Morgan fingerprint density at radius 3 is 2.54 bits per heavy atom. The molecule has 0 aliphatic carbocycles. The second-order valence-electron chi connectivity index (χ2n) is 5.92. The zero-order valence-corrected chi connectivity index (χ0v) is 14.5. The Morgan fingerprint density at radius 2 is 1.88 bits per heavy atom. The van der Waals surface area contributed by atoms with Gasteiger partial charge in [-0.05, 0) is 35.7 Å². The highest BCUT2D eigenvalue weighted by molar-refractivity contribution is 6.32. The van der Waals surface area contributed by atoms with Gasteiger partial charge in [0.1, 0.15) is 11.9 Å². The first-order valence-corrected chi connectivity index (χ1v) is 8.18. The summed E-state index contributed by atoms with van der Waals surface area (Å²) in [6.07, 6.45) is -5.43. The molecule has 1 aliphatic rings. The van der Waals surface area contributed by atoms with Gasteiger partial charge in [-0.2, -0.15) is 13.2 Å². The number of hydroxylamine groups is 2. The van der Waals surface area contributed by atoms with Gasteiger partial charge in [-0.25, -0.2) is 4.79 Å². The Kier molecular flexibility index (Phi) is 5.11. The van der Waals surface area contributed by atoms with Crippen LogP contribution in [0.15, 0.2) is 42.5 Å². The summed E-state index contributed by atoms with van der Waals surface area (Å²) >= 11 is 6.16. The highest BCUT2D eigenvalue weighted by Crippen LogP contribution is 2.33. The van der Waals surface area contributed by atoms with Crippen LogP contribution in [0, 0.1) is 6.92 Å². The van der Waals surface area contributed by atoms with E-state index in [2.05, 4.69) is 4.84 Å². The summed E-state index contributed by atoms with van der Waals surface area (Å²) < 4.78 is 42.2. The molecule has 3 rings (SSSR count). The summed E-state index contributed by atoms with van der Waals surface area (Å²) in [5.74, 6) is -1.81. The summed E-state index contributed by atoms with van der Waals surface area (Å²) in [6.45, 7) is 2.06. The van der Waals surface area contributed by atoms with Crippen molar-refractivity contribution in [2.24, 2.45) is 0 Å². The summed E-state index contributed by atoms with van der Waals surface area (Å²) in [7, 11) is 0. The molecule has 0 spiro atoms. The number of halogens is 4. The fourth-order valence-electron chi connectivity index (χ4n) is 2.56. The molecule has 0 N–H and O–H groups in total. The van der Waals surface area contributed by atoms with Crippen molar-refractivity contribution in [2.45, 2.75) is 19.2 Å². The van der Waals surface area contributed by atoms with Crippen LogP contribution in [0.4, 0.5) is 13.2 Å². The van der Waals surface area contributed by atoms with E-state index in [1.165, 1.54) is 0 Å². The van der Waals surface area contributed by atoms with Crippen molar-refractivity contribution in [3.8, 4) is 16.9 Å². The highest BCUT2D eigenvalue weighted by atomic mass is 35.5. The number of carbonyl (C=O) groups is 1. The standard InChI is InChI=1S/C18H15ClF3NO3/c1-11-4-2-3-5-14(11)12-6-7-15(19)16(8-12)25-13-9-23(10-13)26-17(24)18(20,21)22/h2-8,13H,9-10H2,1H3. The minimum Gasteiger partial charge on any atom is -0.486 e. The SMILES string of the molecule is Cc1ccccc1-c1ccc(Cl)c(OC2CN(OC(=O)C(F)(F)F)C2)c1. The van der Waals surface area contributed by atoms with Crippen LogP contribution in [-0.2, 0) is 9.63 Å². The predicted octanol–water partition coefficient (Wildman–Crippen LogP) is 4.40. The zero-order valence-electron chi connectivity index (χ0n) is 13.7. The Bertz CT molecular complexity index is 820. The second-order valence-corrected chi connectivity index (χ2v) is 6.33. The van der Waals surface area contributed by atoms with Gasteiger partial charge >= 0.3 is 12.1 Å². The molecular weight excluding hydrogens is 371 g/mol. The van der Waals surface area contributed by atoms with Gasteiger partial charge in [-0.1, -0.05) is 41.9 Å². The third kappa shape index (κ3) is 4.11. The molecule has 1 fully saturated rings. The van der Waals surface area contributed by atoms with Gasteiger partial charge < -0.3 is 9.57 Å². The minimum absolute atomic E-state index is 0.0345. The average Bonchev–Trinajstić information content (AvgIpc) is 2.54. The largest absolute Gasteiger partial charge is 0.492 e. The van der Waals surface area contributed by atoms with E-state index in [-0.39, 0.29) is 13.1 Å². The van der Waals surface area contributed by atoms with Crippen molar-refractivity contribution in [1.82, 2.24) is 5.06 Å². The van der Waals surface area contributed by atoms with Crippen LogP contribution in [0.25, 0.3) is 11.1 Å². The Hall–Kier alpha value is -2.25. The van der Waals surface area contributed by atoms with Crippen LogP contribution in [-0.4, -0.2) is 36.4 Å². The molecule has 26 heavy (non-hydrogen) atoms. The van der Waals surface area contributed by atoms with E-state index < -0.39 is 18.2 Å². The minimum atomic E-state index is -5.02. The van der Waals surface area contributed by atoms with E-state index in [0.29, 0.717) is 10.8 Å². The Morgan fingerprint density at radius 1 is 1.19 bits per heavy atom. The molecule has 0 radical (unpaired) electrons. The quantitative estimate of drug-likeness (QED) is 0.782. The van der Waals surface area contributed by atoms with Crippen LogP contribution in [0.1, 0.15) is 5.56 Å². The maximum Gasteiger partial charge on any atom is 0.492 e. The van der Waals surface area contributed by atoms with E-state index in [4.69, 9.17) is 16.3 Å². The van der Waals surface area contributed by atoms with Crippen LogP contribution in [0.5, 0.6) is 5.75 Å². The summed E-state index contributed by atoms with van der Waals surface area (Å²) in [5, 5.41) is 1.30. The molecule has 8 heteroatoms. The van der Waals surface area contributed by atoms with Crippen molar-refractivity contribution < 1.29 is 27.5 Å². The van der Waals surface area contributed by atoms with Crippen molar-refractivity contribution >= 4 is 17.6 Å². The monoisotopic (exact) mass is 385 g/mol. The first-order chi connectivity index (χ1) is 12.2. The third-order valence-electron chi connectivity index (χ3n) is 3.94. The van der Waals surface area contributed by atoms with Gasteiger partial charge in [-0.3, -0.25) is 0 Å². The van der Waals surface area contributed by atoms with Gasteiger partial charge in [-0.15, -0.1) is 5.06 Å². The fraction of sp³-hybridized carbons (Fsp3) is 0.278. The van der Waals surface area contributed by atoms with Crippen LogP contribution >= 0.6 is 11.6 Å². The number of hydrogen-bond acceptors (Lipinski definition) is 4. The molecule has 1 aliphatic heterocycles. The van der Waals surface area contributed by atoms with E-state index in [0.717, 1.165) is 21.8 Å². The van der Waals surface area contributed by atoms with Crippen LogP contribution in [0.3, 0.4) is 0 Å². The van der Waals surface area contributed by atoms with Crippen LogP contribution in [0.2, 0.25) is 5.02 Å². The molecule has 4 nitrogen and oxygen atoms in total. The molecule has 1 heterocycles. The third-order valence-corrected chi connectivity index (χ3v) is 4.25. The fourth-order valence-corrected chi connectivity index (χ4v) is 2.72. The van der Waals surface area contributed by atoms with E-state index in [1.54, 1.807) is 12.1 Å². The van der Waals surface area contributed by atoms with Gasteiger partial charge in [0.05, 0.1) is 18.1 Å². The second kappa shape index (κ2) is 7.17. The molecule has 0 saturated carbocycles. The van der Waals surface area contributed by atoms with Gasteiger partial charge in [0.15, 0.2) is 0 Å². The summed E-state index contributed by atoms with van der Waals surface area (Å²) in [5.41, 5.74) is 3.04. The molecule has 0 aromatic heterocycles.